The molecule has 0 unspecified atom stereocenters. The molecule has 0 saturated carbocycles. The molecular weight excluding hydrogens is 356 g/mol. The number of rotatable bonds is 7. The number of thioether (sulfide) groups is 1. The molecule has 0 fully saturated rings. The third kappa shape index (κ3) is 4.53. The second-order valence-electron chi connectivity index (χ2n) is 6.73. The molecule has 1 aliphatic rings. The molecule has 27 heavy (non-hydrogen) atoms. The Balaban J connectivity index is 1.82. The van der Waals surface area contributed by atoms with Crippen LogP contribution in [0.1, 0.15) is 42.6 Å². The van der Waals surface area contributed by atoms with Crippen LogP contribution in [-0.2, 0) is 11.3 Å². The lowest BCUT2D eigenvalue weighted by atomic mass is 10.1. The molecule has 0 radical (unpaired) electrons. The topological polar surface area (TPSA) is 40.6 Å². The van der Waals surface area contributed by atoms with Crippen LogP contribution in [0.25, 0.3) is 0 Å². The first-order valence-corrected chi connectivity index (χ1v) is 10.5. The Labute approximate surface area is 165 Å². The molecule has 1 heterocycles. The predicted molar refractivity (Wildman–Crippen MR) is 111 cm³/mol. The van der Waals surface area contributed by atoms with E-state index in [0.29, 0.717) is 17.9 Å². The van der Waals surface area contributed by atoms with Gasteiger partial charge in [-0.1, -0.05) is 38.1 Å². The molecule has 142 valence electrons. The molecule has 0 atom stereocenters. The van der Waals surface area contributed by atoms with Crippen LogP contribution in [0.5, 0.6) is 0 Å². The van der Waals surface area contributed by atoms with Gasteiger partial charge in [-0.05, 0) is 42.7 Å². The maximum absolute atomic E-state index is 12.9. The first-order valence-electron chi connectivity index (χ1n) is 9.54. The highest BCUT2D eigenvalue weighted by molar-refractivity contribution is 8.00. The summed E-state index contributed by atoms with van der Waals surface area (Å²) in [6.45, 7) is 6.20. The lowest BCUT2D eigenvalue weighted by Gasteiger charge is -2.29. The van der Waals surface area contributed by atoms with Gasteiger partial charge in [0, 0.05) is 23.5 Å². The summed E-state index contributed by atoms with van der Waals surface area (Å²) in [7, 11) is 0. The van der Waals surface area contributed by atoms with Crippen LogP contribution in [0.15, 0.2) is 53.4 Å². The first kappa shape index (κ1) is 19.5. The van der Waals surface area contributed by atoms with Crippen molar-refractivity contribution in [2.24, 2.45) is 0 Å². The van der Waals surface area contributed by atoms with Crippen LogP contribution in [0.3, 0.4) is 0 Å². The van der Waals surface area contributed by atoms with Gasteiger partial charge < -0.3 is 9.80 Å². The van der Waals surface area contributed by atoms with Crippen LogP contribution in [0, 0.1) is 0 Å². The van der Waals surface area contributed by atoms with E-state index in [4.69, 9.17) is 0 Å². The van der Waals surface area contributed by atoms with Crippen molar-refractivity contribution < 1.29 is 9.59 Å². The first-order chi connectivity index (χ1) is 13.1. The van der Waals surface area contributed by atoms with E-state index in [0.717, 1.165) is 42.1 Å². The minimum Gasteiger partial charge on any atom is -0.339 e. The van der Waals surface area contributed by atoms with Crippen LogP contribution in [-0.4, -0.2) is 35.6 Å². The normalized spacial score (nSPS) is 13.4. The van der Waals surface area contributed by atoms with Crippen molar-refractivity contribution >= 4 is 29.3 Å². The van der Waals surface area contributed by atoms with Crippen molar-refractivity contribution in [1.82, 2.24) is 4.90 Å². The van der Waals surface area contributed by atoms with Gasteiger partial charge in [-0.3, -0.25) is 9.59 Å². The largest absolute Gasteiger partial charge is 0.339 e. The number of carbonyl (C=O) groups is 2. The number of carbonyl (C=O) groups excluding carboxylic acids is 2. The summed E-state index contributed by atoms with van der Waals surface area (Å²) < 4.78 is 0. The molecule has 2 aromatic rings. The zero-order valence-corrected chi connectivity index (χ0v) is 16.8. The van der Waals surface area contributed by atoms with Crippen molar-refractivity contribution in [3.63, 3.8) is 0 Å². The van der Waals surface area contributed by atoms with Crippen LogP contribution in [0.4, 0.5) is 5.69 Å². The number of anilines is 1. The molecule has 0 saturated heterocycles. The quantitative estimate of drug-likeness (QED) is 0.703. The van der Waals surface area contributed by atoms with E-state index in [1.54, 1.807) is 11.8 Å². The van der Waals surface area contributed by atoms with Gasteiger partial charge in [-0.15, -0.1) is 11.8 Å². The highest BCUT2D eigenvalue weighted by Crippen LogP contribution is 2.35. The average Bonchev–Trinajstić information content (AvgIpc) is 2.70. The molecule has 2 aromatic carbocycles. The molecule has 5 heteroatoms. The van der Waals surface area contributed by atoms with E-state index in [9.17, 15) is 9.59 Å². The van der Waals surface area contributed by atoms with E-state index in [1.165, 1.54) is 0 Å². The van der Waals surface area contributed by atoms with Crippen LogP contribution < -0.4 is 4.90 Å². The van der Waals surface area contributed by atoms with Gasteiger partial charge in [0.1, 0.15) is 0 Å². The van der Waals surface area contributed by atoms with Gasteiger partial charge in [-0.2, -0.15) is 0 Å². The molecule has 0 aliphatic carbocycles. The van der Waals surface area contributed by atoms with Gasteiger partial charge >= 0.3 is 0 Å². The van der Waals surface area contributed by atoms with Crippen LogP contribution in [0.2, 0.25) is 0 Å². The Morgan fingerprint density at radius 2 is 1.81 bits per heavy atom. The molecule has 1 aliphatic heterocycles. The number of benzene rings is 2. The number of fused-ring (bicyclic) bond motifs is 1. The van der Waals surface area contributed by atoms with Crippen molar-refractivity contribution in [3.05, 3.63) is 59.7 Å². The van der Waals surface area contributed by atoms with Crippen LogP contribution >= 0.6 is 11.8 Å². The standard InChI is InChI=1S/C22H26N2O2S/c1-3-12-23(13-4-2)22(26)18-9-7-8-17(14-18)15-24-19-10-5-6-11-20(19)27-16-21(24)25/h5-11,14H,3-4,12-13,15-16H2,1-2H3. The lowest BCUT2D eigenvalue weighted by molar-refractivity contribution is -0.116. The summed E-state index contributed by atoms with van der Waals surface area (Å²) in [5.41, 5.74) is 2.62. The number of para-hydroxylation sites is 1. The zero-order chi connectivity index (χ0) is 19.2. The molecule has 0 aromatic heterocycles. The molecule has 2 amide bonds. The summed E-state index contributed by atoms with van der Waals surface area (Å²) in [5, 5.41) is 0. The van der Waals surface area contributed by atoms with Crippen molar-refractivity contribution in [2.75, 3.05) is 23.7 Å². The summed E-state index contributed by atoms with van der Waals surface area (Å²) >= 11 is 1.58. The fourth-order valence-electron chi connectivity index (χ4n) is 3.35. The summed E-state index contributed by atoms with van der Waals surface area (Å²) in [5.74, 6) is 0.631. The minimum absolute atomic E-state index is 0.0708. The van der Waals surface area contributed by atoms with Gasteiger partial charge in [0.25, 0.3) is 5.91 Å². The number of hydrogen-bond donors (Lipinski definition) is 0. The molecule has 3 rings (SSSR count). The smallest absolute Gasteiger partial charge is 0.253 e. The van der Waals surface area contributed by atoms with Crippen molar-refractivity contribution in [1.29, 1.82) is 0 Å². The second-order valence-corrected chi connectivity index (χ2v) is 7.75. The number of nitrogens with zero attached hydrogens (tertiary/aromatic N) is 2. The van der Waals surface area contributed by atoms with Crippen molar-refractivity contribution in [2.45, 2.75) is 38.1 Å². The van der Waals surface area contributed by atoms with E-state index in [-0.39, 0.29) is 11.8 Å². The number of hydrogen-bond acceptors (Lipinski definition) is 3. The Morgan fingerprint density at radius 1 is 1.07 bits per heavy atom. The third-order valence-electron chi connectivity index (χ3n) is 4.60. The minimum atomic E-state index is 0.0708. The van der Waals surface area contributed by atoms with E-state index >= 15 is 0 Å². The Morgan fingerprint density at radius 3 is 2.56 bits per heavy atom. The number of amides is 2. The van der Waals surface area contributed by atoms with E-state index < -0.39 is 0 Å². The fraction of sp³-hybridized carbons (Fsp3) is 0.364. The van der Waals surface area contributed by atoms with E-state index in [2.05, 4.69) is 13.8 Å². The molecule has 0 bridgehead atoms. The monoisotopic (exact) mass is 382 g/mol. The molecule has 4 nitrogen and oxygen atoms in total. The Hall–Kier alpha value is -2.27. The average molecular weight is 383 g/mol. The Bertz CT molecular complexity index is 815. The molecular formula is C22H26N2O2S. The summed E-state index contributed by atoms with van der Waals surface area (Å²) in [6, 6.07) is 15.7. The van der Waals surface area contributed by atoms with Gasteiger partial charge in [0.2, 0.25) is 5.91 Å². The molecule has 0 N–H and O–H groups in total. The summed E-state index contributed by atoms with van der Waals surface area (Å²) in [4.78, 5) is 30.2. The van der Waals surface area contributed by atoms with E-state index in [1.807, 2.05) is 58.3 Å². The highest BCUT2D eigenvalue weighted by Gasteiger charge is 2.24. The maximum Gasteiger partial charge on any atom is 0.253 e. The predicted octanol–water partition coefficient (Wildman–Crippen LogP) is 4.59. The maximum atomic E-state index is 12.9. The highest BCUT2D eigenvalue weighted by atomic mass is 32.2. The second kappa shape index (κ2) is 9.09. The Kier molecular flexibility index (Phi) is 6.56. The van der Waals surface area contributed by atoms with Crippen molar-refractivity contribution in [3.8, 4) is 0 Å². The fourth-order valence-corrected chi connectivity index (χ4v) is 4.29. The SMILES string of the molecule is CCCN(CCC)C(=O)c1cccc(CN2C(=O)CSc3ccccc32)c1. The molecule has 0 spiro atoms. The van der Waals surface area contributed by atoms with Gasteiger partial charge in [-0.25, -0.2) is 0 Å². The summed E-state index contributed by atoms with van der Waals surface area (Å²) in [6.07, 6.45) is 1.89. The zero-order valence-electron chi connectivity index (χ0n) is 16.0. The van der Waals surface area contributed by atoms with Gasteiger partial charge in [0.05, 0.1) is 18.0 Å². The van der Waals surface area contributed by atoms with Gasteiger partial charge in [0.15, 0.2) is 0 Å². The lowest BCUT2D eigenvalue weighted by Crippen LogP contribution is -2.35. The third-order valence-corrected chi connectivity index (χ3v) is 5.64.